The van der Waals surface area contributed by atoms with E-state index in [0.29, 0.717) is 30.3 Å². The average Bonchev–Trinajstić information content (AvgIpc) is 2.75. The Labute approximate surface area is 158 Å². The molecule has 0 radical (unpaired) electrons. The molecule has 1 amide bonds. The standard InChI is InChI=1S/C22H21N3O2/c26-22(25-14-11-17(12-15-25)20-10-13-23-16-24-20)19-8-4-5-9-21(19)27-18-6-2-1-3-7-18/h1-10,13,16-17H,11-12,14-15H2. The van der Waals surface area contributed by atoms with Crippen molar-refractivity contribution in [1.29, 1.82) is 0 Å². The number of piperidine rings is 1. The van der Waals surface area contributed by atoms with Gasteiger partial charge < -0.3 is 9.64 Å². The average molecular weight is 359 g/mol. The minimum Gasteiger partial charge on any atom is -0.457 e. The molecule has 1 aliphatic rings. The third kappa shape index (κ3) is 3.97. The molecule has 5 nitrogen and oxygen atoms in total. The van der Waals surface area contributed by atoms with Crippen LogP contribution in [0.1, 0.15) is 34.8 Å². The lowest BCUT2D eigenvalue weighted by Gasteiger charge is -2.32. The van der Waals surface area contributed by atoms with E-state index in [1.165, 1.54) is 0 Å². The van der Waals surface area contributed by atoms with Crippen molar-refractivity contribution in [2.45, 2.75) is 18.8 Å². The number of nitrogens with zero attached hydrogens (tertiary/aromatic N) is 3. The molecular weight excluding hydrogens is 338 g/mol. The van der Waals surface area contributed by atoms with Crippen LogP contribution >= 0.6 is 0 Å². The molecule has 1 fully saturated rings. The maximum absolute atomic E-state index is 13.1. The zero-order valence-corrected chi connectivity index (χ0v) is 15.0. The highest BCUT2D eigenvalue weighted by Crippen LogP contribution is 2.30. The molecule has 0 atom stereocenters. The Kier molecular flexibility index (Phi) is 5.10. The van der Waals surface area contributed by atoms with Crippen LogP contribution in [0.4, 0.5) is 0 Å². The van der Waals surface area contributed by atoms with Crippen LogP contribution in [0.25, 0.3) is 0 Å². The summed E-state index contributed by atoms with van der Waals surface area (Å²) >= 11 is 0. The number of likely N-dealkylation sites (tertiary alicyclic amines) is 1. The molecule has 0 unspecified atom stereocenters. The number of hydrogen-bond acceptors (Lipinski definition) is 4. The number of rotatable bonds is 4. The number of aromatic nitrogens is 2. The summed E-state index contributed by atoms with van der Waals surface area (Å²) in [6, 6.07) is 18.9. The molecule has 0 bridgehead atoms. The van der Waals surface area contributed by atoms with Crippen molar-refractivity contribution in [1.82, 2.24) is 14.9 Å². The van der Waals surface area contributed by atoms with Gasteiger partial charge in [-0.2, -0.15) is 0 Å². The van der Waals surface area contributed by atoms with Gasteiger partial charge in [0.1, 0.15) is 17.8 Å². The monoisotopic (exact) mass is 359 g/mol. The van der Waals surface area contributed by atoms with Crippen molar-refractivity contribution in [2.24, 2.45) is 0 Å². The van der Waals surface area contributed by atoms with Crippen molar-refractivity contribution in [3.05, 3.63) is 84.4 Å². The maximum Gasteiger partial charge on any atom is 0.257 e. The topological polar surface area (TPSA) is 55.3 Å². The molecule has 0 N–H and O–H groups in total. The van der Waals surface area contributed by atoms with Gasteiger partial charge in [0.25, 0.3) is 5.91 Å². The first kappa shape index (κ1) is 17.2. The number of carbonyl (C=O) groups excluding carboxylic acids is 1. The molecule has 2 aromatic carbocycles. The zero-order chi connectivity index (χ0) is 18.5. The Morgan fingerprint density at radius 1 is 0.963 bits per heavy atom. The van der Waals surface area contributed by atoms with Crippen LogP contribution in [0.15, 0.2) is 73.2 Å². The number of ether oxygens (including phenoxy) is 1. The third-order valence-corrected chi connectivity index (χ3v) is 4.89. The second-order valence-corrected chi connectivity index (χ2v) is 6.61. The first-order valence-electron chi connectivity index (χ1n) is 9.18. The van der Waals surface area contributed by atoms with Gasteiger partial charge in [-0.15, -0.1) is 0 Å². The van der Waals surface area contributed by atoms with Gasteiger partial charge in [-0.05, 0) is 43.2 Å². The van der Waals surface area contributed by atoms with Gasteiger partial charge in [0.15, 0.2) is 0 Å². The van der Waals surface area contributed by atoms with Crippen LogP contribution in [-0.2, 0) is 0 Å². The van der Waals surface area contributed by atoms with Crippen LogP contribution in [0.2, 0.25) is 0 Å². The van der Waals surface area contributed by atoms with Crippen LogP contribution < -0.4 is 4.74 Å². The molecule has 1 saturated heterocycles. The molecule has 5 heteroatoms. The van der Waals surface area contributed by atoms with Crippen LogP contribution in [-0.4, -0.2) is 33.9 Å². The highest BCUT2D eigenvalue weighted by atomic mass is 16.5. The molecular formula is C22H21N3O2. The van der Waals surface area contributed by atoms with E-state index in [1.807, 2.05) is 65.6 Å². The highest BCUT2D eigenvalue weighted by Gasteiger charge is 2.26. The number of carbonyl (C=O) groups is 1. The summed E-state index contributed by atoms with van der Waals surface area (Å²) < 4.78 is 5.95. The number of hydrogen-bond donors (Lipinski definition) is 0. The van der Waals surface area contributed by atoms with Crippen LogP contribution in [0, 0.1) is 0 Å². The minimum absolute atomic E-state index is 0.0164. The van der Waals surface area contributed by atoms with Crippen molar-refractivity contribution in [3.63, 3.8) is 0 Å². The summed E-state index contributed by atoms with van der Waals surface area (Å²) in [7, 11) is 0. The van der Waals surface area contributed by atoms with Gasteiger partial charge in [-0.3, -0.25) is 4.79 Å². The third-order valence-electron chi connectivity index (χ3n) is 4.89. The largest absolute Gasteiger partial charge is 0.457 e. The molecule has 1 aliphatic heterocycles. The van der Waals surface area contributed by atoms with Gasteiger partial charge in [-0.1, -0.05) is 30.3 Å². The molecule has 0 saturated carbocycles. The van der Waals surface area contributed by atoms with E-state index in [9.17, 15) is 4.79 Å². The van der Waals surface area contributed by atoms with Crippen molar-refractivity contribution in [3.8, 4) is 11.5 Å². The van der Waals surface area contributed by atoms with Gasteiger partial charge in [-0.25, -0.2) is 9.97 Å². The van der Waals surface area contributed by atoms with Crippen molar-refractivity contribution >= 4 is 5.91 Å². The fourth-order valence-electron chi connectivity index (χ4n) is 3.44. The first-order valence-corrected chi connectivity index (χ1v) is 9.18. The van der Waals surface area contributed by atoms with E-state index in [2.05, 4.69) is 9.97 Å². The lowest BCUT2D eigenvalue weighted by Crippen LogP contribution is -2.38. The summed E-state index contributed by atoms with van der Waals surface area (Å²) in [5.41, 5.74) is 1.66. The summed E-state index contributed by atoms with van der Waals surface area (Å²) in [6.45, 7) is 1.43. The Morgan fingerprint density at radius 2 is 1.70 bits per heavy atom. The Morgan fingerprint density at radius 3 is 2.44 bits per heavy atom. The van der Waals surface area contributed by atoms with Crippen LogP contribution in [0.3, 0.4) is 0 Å². The molecule has 2 heterocycles. The van der Waals surface area contributed by atoms with Gasteiger partial charge in [0, 0.05) is 30.9 Å². The number of benzene rings is 2. The Bertz CT molecular complexity index is 892. The highest BCUT2D eigenvalue weighted by molar-refractivity contribution is 5.97. The van der Waals surface area contributed by atoms with E-state index in [1.54, 1.807) is 12.5 Å². The number of amides is 1. The van der Waals surface area contributed by atoms with Gasteiger partial charge in [0.2, 0.25) is 0 Å². The molecule has 27 heavy (non-hydrogen) atoms. The summed E-state index contributed by atoms with van der Waals surface area (Å²) in [5.74, 6) is 1.71. The molecule has 136 valence electrons. The summed E-state index contributed by atoms with van der Waals surface area (Å²) in [6.07, 6.45) is 5.18. The van der Waals surface area contributed by atoms with E-state index in [4.69, 9.17) is 4.74 Å². The normalized spacial score (nSPS) is 14.7. The number of para-hydroxylation sites is 2. The lowest BCUT2D eigenvalue weighted by atomic mass is 9.93. The summed E-state index contributed by atoms with van der Waals surface area (Å²) in [4.78, 5) is 23.3. The van der Waals surface area contributed by atoms with Crippen LogP contribution in [0.5, 0.6) is 11.5 Å². The molecule has 1 aromatic heterocycles. The molecule has 0 aliphatic carbocycles. The lowest BCUT2D eigenvalue weighted by molar-refractivity contribution is 0.0709. The smallest absolute Gasteiger partial charge is 0.257 e. The second kappa shape index (κ2) is 7.99. The molecule has 4 rings (SSSR count). The predicted octanol–water partition coefficient (Wildman–Crippen LogP) is 4.29. The van der Waals surface area contributed by atoms with Crippen molar-refractivity contribution in [2.75, 3.05) is 13.1 Å². The van der Waals surface area contributed by atoms with E-state index >= 15 is 0 Å². The molecule has 0 spiro atoms. The van der Waals surface area contributed by atoms with E-state index < -0.39 is 0 Å². The van der Waals surface area contributed by atoms with Gasteiger partial charge >= 0.3 is 0 Å². The Hall–Kier alpha value is -3.21. The van der Waals surface area contributed by atoms with Gasteiger partial charge in [0.05, 0.1) is 5.56 Å². The molecule has 3 aromatic rings. The van der Waals surface area contributed by atoms with E-state index in [0.717, 1.165) is 24.3 Å². The summed E-state index contributed by atoms with van der Waals surface area (Å²) in [5, 5.41) is 0. The fourth-order valence-corrected chi connectivity index (χ4v) is 3.44. The zero-order valence-electron chi connectivity index (χ0n) is 15.0. The predicted molar refractivity (Wildman–Crippen MR) is 103 cm³/mol. The quantitative estimate of drug-likeness (QED) is 0.697. The minimum atomic E-state index is 0.0164. The first-order chi connectivity index (χ1) is 13.3. The second-order valence-electron chi connectivity index (χ2n) is 6.61. The Balaban J connectivity index is 1.46. The fraction of sp³-hybridized carbons (Fsp3) is 0.227. The van der Waals surface area contributed by atoms with Crippen molar-refractivity contribution < 1.29 is 9.53 Å². The maximum atomic E-state index is 13.1. The van der Waals surface area contributed by atoms with E-state index in [-0.39, 0.29) is 5.91 Å². The SMILES string of the molecule is O=C(c1ccccc1Oc1ccccc1)N1CCC(c2ccncn2)CC1.